The minimum absolute atomic E-state index is 0.113. The smallest absolute Gasteiger partial charge is 0.254 e. The van der Waals surface area contributed by atoms with Crippen LogP contribution in [0.5, 0.6) is 0 Å². The third kappa shape index (κ3) is 4.54. The van der Waals surface area contributed by atoms with E-state index in [0.717, 1.165) is 0 Å². The first-order valence-corrected chi connectivity index (χ1v) is 9.22. The molecule has 0 atom stereocenters. The molecule has 0 unspecified atom stereocenters. The normalized spacial score (nSPS) is 13.9. The van der Waals surface area contributed by atoms with Crippen LogP contribution in [0.1, 0.15) is 34.1 Å². The molecule has 0 bridgehead atoms. The Bertz CT molecular complexity index is 875. The third-order valence-corrected chi connectivity index (χ3v) is 4.66. The number of piperazine rings is 1. The van der Waals surface area contributed by atoms with E-state index in [1.165, 1.54) is 24.3 Å². The van der Waals surface area contributed by atoms with Gasteiger partial charge in [-0.05, 0) is 42.5 Å². The average Bonchev–Trinajstić information content (AvgIpc) is 2.73. The van der Waals surface area contributed by atoms with Crippen molar-refractivity contribution in [3.63, 3.8) is 0 Å². The Kier molecular flexibility index (Phi) is 6.03. The Labute approximate surface area is 162 Å². The van der Waals surface area contributed by atoms with Crippen LogP contribution in [0.4, 0.5) is 10.1 Å². The minimum atomic E-state index is -0.385. The van der Waals surface area contributed by atoms with E-state index in [4.69, 9.17) is 0 Å². The lowest BCUT2D eigenvalue weighted by atomic mass is 10.1. The van der Waals surface area contributed by atoms with Gasteiger partial charge in [-0.3, -0.25) is 14.4 Å². The zero-order chi connectivity index (χ0) is 20.1. The Morgan fingerprint density at radius 1 is 0.893 bits per heavy atom. The second-order valence-corrected chi connectivity index (χ2v) is 6.57. The first-order valence-electron chi connectivity index (χ1n) is 9.22. The maximum atomic E-state index is 13.0. The molecule has 0 radical (unpaired) electrons. The Morgan fingerprint density at radius 3 is 2.04 bits per heavy atom. The number of nitrogens with zero attached hydrogens (tertiary/aromatic N) is 2. The predicted molar refractivity (Wildman–Crippen MR) is 104 cm³/mol. The molecule has 6 nitrogen and oxygen atoms in total. The molecular formula is C21H22FN3O3. The summed E-state index contributed by atoms with van der Waals surface area (Å²) in [5, 5.41) is 2.74. The molecule has 0 aromatic heterocycles. The van der Waals surface area contributed by atoms with Gasteiger partial charge in [0.05, 0.1) is 0 Å². The van der Waals surface area contributed by atoms with Crippen molar-refractivity contribution in [1.29, 1.82) is 0 Å². The van der Waals surface area contributed by atoms with E-state index >= 15 is 0 Å². The molecule has 3 rings (SSSR count). The van der Waals surface area contributed by atoms with E-state index < -0.39 is 0 Å². The highest BCUT2D eigenvalue weighted by atomic mass is 19.1. The maximum absolute atomic E-state index is 13.0. The average molecular weight is 383 g/mol. The van der Waals surface area contributed by atoms with Gasteiger partial charge in [-0.2, -0.15) is 0 Å². The maximum Gasteiger partial charge on any atom is 0.254 e. The first kappa shape index (κ1) is 19.5. The van der Waals surface area contributed by atoms with Crippen LogP contribution in [0, 0.1) is 5.82 Å². The van der Waals surface area contributed by atoms with Crippen molar-refractivity contribution in [3.8, 4) is 0 Å². The summed E-state index contributed by atoms with van der Waals surface area (Å²) >= 11 is 0. The zero-order valence-corrected chi connectivity index (χ0v) is 15.7. The second-order valence-electron chi connectivity index (χ2n) is 6.57. The van der Waals surface area contributed by atoms with Crippen molar-refractivity contribution in [2.75, 3.05) is 31.5 Å². The van der Waals surface area contributed by atoms with Gasteiger partial charge >= 0.3 is 0 Å². The molecule has 28 heavy (non-hydrogen) atoms. The van der Waals surface area contributed by atoms with Crippen LogP contribution in [0.25, 0.3) is 0 Å². The van der Waals surface area contributed by atoms with Crippen molar-refractivity contribution in [2.24, 2.45) is 0 Å². The number of halogens is 1. The van der Waals surface area contributed by atoms with Gasteiger partial charge < -0.3 is 15.1 Å². The van der Waals surface area contributed by atoms with Crippen molar-refractivity contribution >= 4 is 23.4 Å². The number of amides is 3. The molecule has 3 amide bonds. The number of hydrogen-bond acceptors (Lipinski definition) is 3. The molecule has 0 saturated carbocycles. The summed E-state index contributed by atoms with van der Waals surface area (Å²) in [7, 11) is 0. The number of nitrogens with one attached hydrogen (secondary N) is 1. The summed E-state index contributed by atoms with van der Waals surface area (Å²) in [5.41, 5.74) is 1.51. The molecule has 1 aliphatic rings. The molecule has 1 fully saturated rings. The van der Waals surface area contributed by atoms with Gasteiger partial charge in [0, 0.05) is 49.4 Å². The fourth-order valence-corrected chi connectivity index (χ4v) is 3.05. The lowest BCUT2D eigenvalue weighted by molar-refractivity contribution is -0.115. The van der Waals surface area contributed by atoms with Crippen LogP contribution >= 0.6 is 0 Å². The number of rotatable bonds is 4. The molecule has 0 aliphatic carbocycles. The van der Waals surface area contributed by atoms with Gasteiger partial charge in [0.25, 0.3) is 11.8 Å². The van der Waals surface area contributed by atoms with Gasteiger partial charge in [-0.1, -0.05) is 13.0 Å². The van der Waals surface area contributed by atoms with Crippen molar-refractivity contribution in [1.82, 2.24) is 9.80 Å². The fraction of sp³-hybridized carbons (Fsp3) is 0.286. The molecule has 146 valence electrons. The molecular weight excluding hydrogens is 361 g/mol. The zero-order valence-electron chi connectivity index (χ0n) is 15.7. The van der Waals surface area contributed by atoms with E-state index in [2.05, 4.69) is 5.32 Å². The minimum Gasteiger partial charge on any atom is -0.335 e. The summed E-state index contributed by atoms with van der Waals surface area (Å²) in [6.07, 6.45) is 0.363. The highest BCUT2D eigenvalue weighted by Gasteiger charge is 2.25. The molecule has 1 saturated heterocycles. The summed E-state index contributed by atoms with van der Waals surface area (Å²) in [6, 6.07) is 12.3. The fourth-order valence-electron chi connectivity index (χ4n) is 3.05. The van der Waals surface area contributed by atoms with Crippen LogP contribution in [0.3, 0.4) is 0 Å². The first-order chi connectivity index (χ1) is 13.5. The summed E-state index contributed by atoms with van der Waals surface area (Å²) in [4.78, 5) is 40.1. The van der Waals surface area contributed by atoms with Crippen molar-refractivity contribution in [2.45, 2.75) is 13.3 Å². The van der Waals surface area contributed by atoms with Crippen LogP contribution in [0.2, 0.25) is 0 Å². The summed E-state index contributed by atoms with van der Waals surface area (Å²) in [5.74, 6) is -0.806. The van der Waals surface area contributed by atoms with Crippen LogP contribution < -0.4 is 5.32 Å². The third-order valence-electron chi connectivity index (χ3n) is 4.66. The summed E-state index contributed by atoms with van der Waals surface area (Å²) < 4.78 is 13.0. The standard InChI is InChI=1S/C21H22FN3O3/c1-2-19(26)23-18-5-3-4-16(14-18)21(28)25-12-10-24(11-13-25)20(27)15-6-8-17(22)9-7-15/h3-9,14H,2,10-13H2,1H3,(H,23,26). The van der Waals surface area contributed by atoms with Gasteiger partial charge in [0.15, 0.2) is 0 Å². The molecule has 7 heteroatoms. The number of carbonyl (C=O) groups excluding carboxylic acids is 3. The van der Waals surface area contributed by atoms with Crippen molar-refractivity contribution in [3.05, 3.63) is 65.5 Å². The molecule has 1 aliphatic heterocycles. The SMILES string of the molecule is CCC(=O)Nc1cccc(C(=O)N2CCN(C(=O)c3ccc(F)cc3)CC2)c1. The highest BCUT2D eigenvalue weighted by Crippen LogP contribution is 2.16. The quantitative estimate of drug-likeness (QED) is 0.883. The Morgan fingerprint density at radius 2 is 1.46 bits per heavy atom. The van der Waals surface area contributed by atoms with Crippen LogP contribution in [0.15, 0.2) is 48.5 Å². The topological polar surface area (TPSA) is 69.7 Å². The number of anilines is 1. The van der Waals surface area contributed by atoms with E-state index in [1.54, 1.807) is 41.0 Å². The van der Waals surface area contributed by atoms with Gasteiger partial charge in [0.2, 0.25) is 5.91 Å². The van der Waals surface area contributed by atoms with E-state index in [1.807, 2.05) is 0 Å². The van der Waals surface area contributed by atoms with E-state index in [0.29, 0.717) is 49.4 Å². The van der Waals surface area contributed by atoms with Crippen LogP contribution in [-0.4, -0.2) is 53.7 Å². The van der Waals surface area contributed by atoms with Crippen LogP contribution in [-0.2, 0) is 4.79 Å². The molecule has 1 heterocycles. The lowest BCUT2D eigenvalue weighted by Gasteiger charge is -2.35. The van der Waals surface area contributed by atoms with Gasteiger partial charge in [-0.25, -0.2) is 4.39 Å². The van der Waals surface area contributed by atoms with E-state index in [-0.39, 0.29) is 23.5 Å². The van der Waals surface area contributed by atoms with Crippen molar-refractivity contribution < 1.29 is 18.8 Å². The van der Waals surface area contributed by atoms with E-state index in [9.17, 15) is 18.8 Å². The Balaban J connectivity index is 1.61. The monoisotopic (exact) mass is 383 g/mol. The summed E-state index contributed by atoms with van der Waals surface area (Å²) in [6.45, 7) is 3.41. The highest BCUT2D eigenvalue weighted by molar-refractivity contribution is 5.98. The largest absolute Gasteiger partial charge is 0.335 e. The lowest BCUT2D eigenvalue weighted by Crippen LogP contribution is -2.50. The van der Waals surface area contributed by atoms with Gasteiger partial charge in [-0.15, -0.1) is 0 Å². The number of carbonyl (C=O) groups is 3. The molecule has 0 spiro atoms. The van der Waals surface area contributed by atoms with Gasteiger partial charge in [0.1, 0.15) is 5.82 Å². The second kappa shape index (κ2) is 8.65. The Hall–Kier alpha value is -3.22. The predicted octanol–water partition coefficient (Wildman–Crippen LogP) is 2.77. The molecule has 2 aromatic rings. The molecule has 1 N–H and O–H groups in total. The number of benzene rings is 2. The molecule has 2 aromatic carbocycles. The number of hydrogen-bond donors (Lipinski definition) is 1.